The predicted octanol–water partition coefficient (Wildman–Crippen LogP) is 4.07. The van der Waals surface area contributed by atoms with Gasteiger partial charge >= 0.3 is 0 Å². The number of benzene rings is 3. The summed E-state index contributed by atoms with van der Waals surface area (Å²) in [5, 5.41) is 17.6. The third kappa shape index (κ3) is 8.81. The largest absolute Gasteiger partial charge is 0.493 e. The van der Waals surface area contributed by atoms with Crippen molar-refractivity contribution >= 4 is 23.6 Å². The number of nitriles is 1. The van der Waals surface area contributed by atoms with Gasteiger partial charge in [0.25, 0.3) is 11.8 Å². The molecule has 0 spiro atoms. The molecule has 3 aromatic carbocycles. The van der Waals surface area contributed by atoms with Gasteiger partial charge in [0.2, 0.25) is 11.8 Å². The minimum Gasteiger partial charge on any atom is -0.493 e. The van der Waals surface area contributed by atoms with Crippen molar-refractivity contribution in [1.29, 1.82) is 5.26 Å². The number of amides is 4. The molecule has 240 valence electrons. The second kappa shape index (κ2) is 16.0. The molecule has 4 amide bonds. The standard InChI is InChI=1S/C34H36FN5O6/c1-3-27-33(43)38-21-23-10-12-28(26(35)18-23)46-30-19-24(11-13-29(30)45-2)32(42)37-14-6-16-40(15-5-9-31(41)39-27)34(44)25-8-4-7-22(17-25)20-36/h4,7-8,10-13,17-19,27H,3,5-6,9,14-16,21H2,1-2H3,(H,37,42)(H,38,43)(H,39,41)/t27-/m0/s1. The number of halogens is 1. The zero-order chi connectivity index (χ0) is 33.1. The Labute approximate surface area is 266 Å². The van der Waals surface area contributed by atoms with Crippen LogP contribution in [0.2, 0.25) is 0 Å². The number of nitrogens with zero attached hydrogens (tertiary/aromatic N) is 2. The highest BCUT2D eigenvalue weighted by molar-refractivity contribution is 5.95. The number of rotatable bonds is 3. The molecule has 12 heteroatoms. The Balaban J connectivity index is 1.57. The smallest absolute Gasteiger partial charge is 0.253 e. The molecular weight excluding hydrogens is 593 g/mol. The van der Waals surface area contributed by atoms with Crippen LogP contribution in [0.4, 0.5) is 4.39 Å². The van der Waals surface area contributed by atoms with Crippen LogP contribution in [-0.4, -0.2) is 61.3 Å². The van der Waals surface area contributed by atoms with E-state index in [0.717, 1.165) is 0 Å². The van der Waals surface area contributed by atoms with E-state index in [0.29, 0.717) is 41.7 Å². The summed E-state index contributed by atoms with van der Waals surface area (Å²) in [7, 11) is 1.43. The number of hydrogen-bond donors (Lipinski definition) is 3. The molecule has 0 saturated heterocycles. The summed E-state index contributed by atoms with van der Waals surface area (Å²) in [6.45, 7) is 2.52. The lowest BCUT2D eigenvalue weighted by atomic mass is 10.1. The van der Waals surface area contributed by atoms with E-state index in [4.69, 9.17) is 9.47 Å². The van der Waals surface area contributed by atoms with Gasteiger partial charge in [-0.1, -0.05) is 19.1 Å². The van der Waals surface area contributed by atoms with Gasteiger partial charge in [0.1, 0.15) is 6.04 Å². The van der Waals surface area contributed by atoms with Gasteiger partial charge in [-0.3, -0.25) is 19.2 Å². The third-order valence-corrected chi connectivity index (χ3v) is 7.42. The molecule has 1 atom stereocenters. The number of ether oxygens (including phenoxy) is 2. The van der Waals surface area contributed by atoms with Gasteiger partial charge in [0, 0.05) is 43.7 Å². The zero-order valence-corrected chi connectivity index (χ0v) is 25.7. The normalized spacial score (nSPS) is 16.7. The SMILES string of the molecule is CC[C@@H]1NC(=O)CCCN(C(=O)c2cccc(C#N)c2)CCCNC(=O)c2ccc(OC)c(c2)Oc2ccc(cc2F)CNC1=O. The quantitative estimate of drug-likeness (QED) is 0.396. The first kappa shape index (κ1) is 33.5. The minimum atomic E-state index is -0.795. The minimum absolute atomic E-state index is 0.0193. The first-order chi connectivity index (χ1) is 22.2. The van der Waals surface area contributed by atoms with Crippen LogP contribution >= 0.6 is 0 Å². The molecule has 3 N–H and O–H groups in total. The first-order valence-electron chi connectivity index (χ1n) is 15.0. The lowest BCUT2D eigenvalue weighted by molar-refractivity contribution is -0.129. The average molecular weight is 630 g/mol. The topological polar surface area (TPSA) is 150 Å². The number of methoxy groups -OCH3 is 1. The second-order valence-electron chi connectivity index (χ2n) is 10.7. The lowest BCUT2D eigenvalue weighted by Gasteiger charge is -2.23. The van der Waals surface area contributed by atoms with Gasteiger partial charge in [0.05, 0.1) is 18.7 Å². The monoisotopic (exact) mass is 629 g/mol. The van der Waals surface area contributed by atoms with Crippen LogP contribution in [0.1, 0.15) is 64.4 Å². The Morgan fingerprint density at radius 3 is 2.59 bits per heavy atom. The van der Waals surface area contributed by atoms with Crippen molar-refractivity contribution in [2.75, 3.05) is 26.7 Å². The lowest BCUT2D eigenvalue weighted by Crippen LogP contribution is -2.46. The van der Waals surface area contributed by atoms with Gasteiger partial charge in [-0.2, -0.15) is 5.26 Å². The summed E-state index contributed by atoms with van der Waals surface area (Å²) in [4.78, 5) is 53.6. The fourth-order valence-electron chi connectivity index (χ4n) is 4.91. The molecule has 46 heavy (non-hydrogen) atoms. The van der Waals surface area contributed by atoms with Crippen molar-refractivity contribution in [1.82, 2.24) is 20.9 Å². The number of fused-ring (bicyclic) bond motifs is 16. The molecule has 0 unspecified atom stereocenters. The van der Waals surface area contributed by atoms with Crippen molar-refractivity contribution in [3.63, 3.8) is 0 Å². The zero-order valence-electron chi connectivity index (χ0n) is 25.7. The molecule has 0 fully saturated rings. The molecule has 5 rings (SSSR count). The van der Waals surface area contributed by atoms with E-state index in [9.17, 15) is 24.4 Å². The maximum Gasteiger partial charge on any atom is 0.253 e. The second-order valence-corrected chi connectivity index (χ2v) is 10.7. The molecule has 0 aromatic heterocycles. The Morgan fingerprint density at radius 1 is 1.04 bits per heavy atom. The molecule has 2 heterocycles. The highest BCUT2D eigenvalue weighted by Crippen LogP contribution is 2.34. The highest BCUT2D eigenvalue weighted by atomic mass is 19.1. The summed E-state index contributed by atoms with van der Waals surface area (Å²) in [6.07, 6.45) is 1.12. The fraction of sp³-hybridized carbons (Fsp3) is 0.324. The van der Waals surface area contributed by atoms with Crippen LogP contribution in [0.3, 0.4) is 0 Å². The summed E-state index contributed by atoms with van der Waals surface area (Å²) >= 11 is 0. The molecule has 11 nitrogen and oxygen atoms in total. The van der Waals surface area contributed by atoms with Crippen molar-refractivity contribution in [3.8, 4) is 23.3 Å². The summed E-state index contributed by atoms with van der Waals surface area (Å²) in [6, 6.07) is 16.4. The molecule has 4 bridgehead atoms. The Bertz CT molecular complexity index is 1640. The fourth-order valence-corrected chi connectivity index (χ4v) is 4.91. The predicted molar refractivity (Wildman–Crippen MR) is 167 cm³/mol. The van der Waals surface area contributed by atoms with E-state index in [2.05, 4.69) is 16.0 Å². The van der Waals surface area contributed by atoms with Crippen molar-refractivity contribution < 1.29 is 33.0 Å². The molecular formula is C34H36FN5O6. The Morgan fingerprint density at radius 2 is 1.85 bits per heavy atom. The molecule has 2 aliphatic heterocycles. The van der Waals surface area contributed by atoms with Crippen molar-refractivity contribution in [2.24, 2.45) is 0 Å². The van der Waals surface area contributed by atoms with E-state index in [1.165, 1.54) is 31.4 Å². The number of nitrogens with one attached hydrogen (secondary N) is 3. The van der Waals surface area contributed by atoms with Crippen molar-refractivity contribution in [3.05, 3.63) is 88.7 Å². The molecule has 0 saturated carbocycles. The van der Waals surface area contributed by atoms with Gasteiger partial charge in [0.15, 0.2) is 23.1 Å². The summed E-state index contributed by atoms with van der Waals surface area (Å²) < 4.78 is 26.2. The van der Waals surface area contributed by atoms with E-state index in [1.807, 2.05) is 6.07 Å². The van der Waals surface area contributed by atoms with Gasteiger partial charge < -0.3 is 30.3 Å². The molecule has 3 aromatic rings. The molecule has 0 aliphatic carbocycles. The summed E-state index contributed by atoms with van der Waals surface area (Å²) in [5.74, 6) is -1.84. The Hall–Kier alpha value is -5.44. The molecule has 2 aliphatic rings. The van der Waals surface area contributed by atoms with Crippen LogP contribution in [0.5, 0.6) is 17.2 Å². The van der Waals surface area contributed by atoms with Gasteiger partial charge in [-0.05, 0) is 73.4 Å². The maximum absolute atomic E-state index is 15.0. The number of carbonyl (C=O) groups is 4. The van der Waals surface area contributed by atoms with Crippen LogP contribution < -0.4 is 25.4 Å². The van der Waals surface area contributed by atoms with Gasteiger partial charge in [-0.15, -0.1) is 0 Å². The number of hydrogen-bond acceptors (Lipinski definition) is 7. The maximum atomic E-state index is 15.0. The van der Waals surface area contributed by atoms with Crippen molar-refractivity contribution in [2.45, 2.75) is 45.2 Å². The average Bonchev–Trinajstić information content (AvgIpc) is 3.07. The Kier molecular flexibility index (Phi) is 11.7. The first-order valence-corrected chi connectivity index (χ1v) is 15.0. The van der Waals surface area contributed by atoms with E-state index in [-0.39, 0.29) is 61.5 Å². The highest BCUT2D eigenvalue weighted by Gasteiger charge is 2.21. The number of carbonyl (C=O) groups excluding carboxylic acids is 4. The van der Waals surface area contributed by atoms with E-state index < -0.39 is 23.7 Å². The van der Waals surface area contributed by atoms with Crippen LogP contribution in [0.25, 0.3) is 0 Å². The van der Waals surface area contributed by atoms with E-state index >= 15 is 4.39 Å². The van der Waals surface area contributed by atoms with E-state index in [1.54, 1.807) is 48.2 Å². The summed E-state index contributed by atoms with van der Waals surface area (Å²) in [5.41, 5.74) is 1.41. The van der Waals surface area contributed by atoms with Crippen LogP contribution in [-0.2, 0) is 16.1 Å². The van der Waals surface area contributed by atoms with Gasteiger partial charge in [-0.25, -0.2) is 4.39 Å². The van der Waals surface area contributed by atoms with Crippen LogP contribution in [0.15, 0.2) is 60.7 Å². The third-order valence-electron chi connectivity index (χ3n) is 7.42. The molecule has 0 radical (unpaired) electrons. The van der Waals surface area contributed by atoms with Crippen LogP contribution in [0, 0.1) is 17.1 Å².